The Balaban J connectivity index is 0.00000108. The largest absolute Gasteiger partial charge is 0.497 e. The van der Waals surface area contributed by atoms with Gasteiger partial charge in [0.15, 0.2) is 0 Å². The second kappa shape index (κ2) is 6.56. The van der Waals surface area contributed by atoms with Crippen LogP contribution in [0.5, 0.6) is 5.75 Å². The number of rotatable bonds is 1. The van der Waals surface area contributed by atoms with Gasteiger partial charge in [-0.25, -0.2) is 0 Å². The number of ether oxygens (including phenoxy) is 1. The van der Waals surface area contributed by atoms with Gasteiger partial charge in [0, 0.05) is 23.5 Å². The molecule has 6 heteroatoms. The summed E-state index contributed by atoms with van der Waals surface area (Å²) >= 11 is 0. The van der Waals surface area contributed by atoms with Crippen LogP contribution in [0.1, 0.15) is 18.2 Å². The van der Waals surface area contributed by atoms with Crippen LogP contribution in [0.25, 0.3) is 10.9 Å². The number of benzene rings is 1. The molecule has 0 amide bonds. The van der Waals surface area contributed by atoms with E-state index < -0.39 is 0 Å². The van der Waals surface area contributed by atoms with Crippen LogP contribution in [-0.2, 0) is 6.42 Å². The summed E-state index contributed by atoms with van der Waals surface area (Å²) in [6.07, 6.45) is 1.03. The van der Waals surface area contributed by atoms with Crippen LogP contribution in [-0.4, -0.2) is 35.3 Å². The summed E-state index contributed by atoms with van der Waals surface area (Å²) in [6, 6.07) is 6.18. The molecule has 2 heterocycles. The summed E-state index contributed by atoms with van der Waals surface area (Å²) in [5.74, 6) is 0.890. The van der Waals surface area contributed by atoms with Crippen molar-refractivity contribution in [3.8, 4) is 5.75 Å². The molecule has 0 saturated heterocycles. The Labute approximate surface area is 117 Å². The van der Waals surface area contributed by atoms with Crippen molar-refractivity contribution < 1.29 is 15.7 Å². The van der Waals surface area contributed by atoms with Gasteiger partial charge in [-0.05, 0) is 31.0 Å². The summed E-state index contributed by atoms with van der Waals surface area (Å²) in [5, 5.41) is 1.30. The summed E-state index contributed by atoms with van der Waals surface area (Å²) in [5.41, 5.74) is 4.83. The van der Waals surface area contributed by atoms with Crippen LogP contribution >= 0.6 is 12.4 Å². The molecule has 0 radical (unpaired) electrons. The maximum Gasteiger partial charge on any atom is 0.120 e. The van der Waals surface area contributed by atoms with E-state index in [0.717, 1.165) is 29.9 Å². The standard InChI is InChI=1S/C13H14N2O.ClH.2H2O/c1-8-13-11(5-6-14-8)10-4-3-9(16-2)7-12(10)15-13;;;/h3-4,7,15H,5-6H2,1-2H3;1H;2*1H2. The van der Waals surface area contributed by atoms with Gasteiger partial charge in [-0.3, -0.25) is 4.99 Å². The van der Waals surface area contributed by atoms with Crippen molar-refractivity contribution in [1.29, 1.82) is 0 Å². The first-order valence-corrected chi connectivity index (χ1v) is 5.49. The number of hydrogen-bond donors (Lipinski definition) is 1. The van der Waals surface area contributed by atoms with Crippen LogP contribution in [0, 0.1) is 0 Å². The highest BCUT2D eigenvalue weighted by molar-refractivity contribution is 6.05. The molecule has 3 rings (SSSR count). The highest BCUT2D eigenvalue weighted by Crippen LogP contribution is 2.28. The minimum absolute atomic E-state index is 0. The average Bonchev–Trinajstić information content (AvgIpc) is 2.68. The topological polar surface area (TPSA) is 100 Å². The number of H-pyrrole nitrogens is 1. The van der Waals surface area contributed by atoms with Gasteiger partial charge in [-0.15, -0.1) is 12.4 Å². The number of methoxy groups -OCH3 is 1. The Bertz CT molecular complexity index is 593. The van der Waals surface area contributed by atoms with Gasteiger partial charge in [0.1, 0.15) is 5.75 Å². The first kappa shape index (κ1) is 17.4. The highest BCUT2D eigenvalue weighted by atomic mass is 35.5. The normalized spacial score (nSPS) is 12.4. The Morgan fingerprint density at radius 2 is 2.00 bits per heavy atom. The number of aromatic amines is 1. The Kier molecular flexibility index (Phi) is 6.02. The fourth-order valence-electron chi connectivity index (χ4n) is 2.34. The average molecular weight is 287 g/mol. The second-order valence-corrected chi connectivity index (χ2v) is 4.11. The zero-order chi connectivity index (χ0) is 11.1. The molecule has 0 atom stereocenters. The summed E-state index contributed by atoms with van der Waals surface area (Å²) < 4.78 is 5.23. The molecule has 0 spiro atoms. The van der Waals surface area contributed by atoms with Crippen molar-refractivity contribution in [2.24, 2.45) is 4.99 Å². The van der Waals surface area contributed by atoms with Gasteiger partial charge in [0.2, 0.25) is 0 Å². The molecule has 5 nitrogen and oxygen atoms in total. The second-order valence-electron chi connectivity index (χ2n) is 4.11. The first-order valence-electron chi connectivity index (χ1n) is 5.49. The monoisotopic (exact) mass is 286 g/mol. The first-order chi connectivity index (χ1) is 7.79. The van der Waals surface area contributed by atoms with Gasteiger partial charge in [0.25, 0.3) is 0 Å². The predicted molar refractivity (Wildman–Crippen MR) is 80.1 cm³/mol. The summed E-state index contributed by atoms with van der Waals surface area (Å²) in [4.78, 5) is 7.89. The van der Waals surface area contributed by atoms with E-state index in [9.17, 15) is 0 Å². The van der Waals surface area contributed by atoms with Crippen molar-refractivity contribution in [3.05, 3.63) is 29.5 Å². The molecule has 19 heavy (non-hydrogen) atoms. The van der Waals surface area contributed by atoms with E-state index in [1.807, 2.05) is 12.1 Å². The Morgan fingerprint density at radius 3 is 2.68 bits per heavy atom. The fraction of sp³-hybridized carbons (Fsp3) is 0.308. The van der Waals surface area contributed by atoms with E-state index in [4.69, 9.17) is 4.74 Å². The third kappa shape index (κ3) is 2.73. The molecule has 0 aliphatic carbocycles. The molecule has 1 aliphatic heterocycles. The zero-order valence-corrected chi connectivity index (χ0v) is 11.7. The lowest BCUT2D eigenvalue weighted by Crippen LogP contribution is -2.08. The molecule has 1 aromatic heterocycles. The lowest BCUT2D eigenvalue weighted by Gasteiger charge is -2.09. The van der Waals surface area contributed by atoms with E-state index >= 15 is 0 Å². The number of nitrogens with one attached hydrogen (secondary N) is 1. The van der Waals surface area contributed by atoms with Crippen molar-refractivity contribution >= 4 is 29.0 Å². The Hall–Kier alpha value is -1.56. The van der Waals surface area contributed by atoms with Gasteiger partial charge < -0.3 is 20.7 Å². The number of aliphatic imine (C=N–C) groups is 1. The lowest BCUT2D eigenvalue weighted by molar-refractivity contribution is 0.415. The van der Waals surface area contributed by atoms with E-state index in [1.54, 1.807) is 7.11 Å². The number of nitrogens with zero attached hydrogens (tertiary/aromatic N) is 1. The van der Waals surface area contributed by atoms with Crippen molar-refractivity contribution in [2.75, 3.05) is 13.7 Å². The third-order valence-electron chi connectivity index (χ3n) is 3.19. The molecule has 1 aliphatic rings. The molecule has 2 aromatic rings. The lowest BCUT2D eigenvalue weighted by atomic mass is 10.0. The van der Waals surface area contributed by atoms with Crippen LogP contribution < -0.4 is 4.74 Å². The van der Waals surface area contributed by atoms with E-state index in [2.05, 4.69) is 23.0 Å². The highest BCUT2D eigenvalue weighted by Gasteiger charge is 2.16. The van der Waals surface area contributed by atoms with Gasteiger partial charge in [-0.2, -0.15) is 0 Å². The third-order valence-corrected chi connectivity index (χ3v) is 3.19. The number of fused-ring (bicyclic) bond motifs is 3. The van der Waals surface area contributed by atoms with Crippen molar-refractivity contribution in [1.82, 2.24) is 4.98 Å². The fourth-order valence-corrected chi connectivity index (χ4v) is 2.34. The van der Waals surface area contributed by atoms with Crippen molar-refractivity contribution in [3.63, 3.8) is 0 Å². The van der Waals surface area contributed by atoms with Gasteiger partial charge in [0.05, 0.1) is 18.5 Å². The maximum atomic E-state index is 5.23. The number of aromatic nitrogens is 1. The quantitative estimate of drug-likeness (QED) is 0.839. The molecular formula is C13H19ClN2O3. The van der Waals surface area contributed by atoms with Crippen LogP contribution in [0.2, 0.25) is 0 Å². The SMILES string of the molecule is COc1ccc2c3c([nH]c2c1)C(C)=NCC3.Cl.O.O. The molecule has 1 aromatic carbocycles. The Morgan fingerprint density at radius 1 is 1.26 bits per heavy atom. The predicted octanol–water partition coefficient (Wildman–Crippen LogP) is 1.31. The zero-order valence-electron chi connectivity index (χ0n) is 10.9. The van der Waals surface area contributed by atoms with Crippen molar-refractivity contribution in [2.45, 2.75) is 13.3 Å². The van der Waals surface area contributed by atoms with Crippen LogP contribution in [0.15, 0.2) is 23.2 Å². The summed E-state index contributed by atoms with van der Waals surface area (Å²) in [6.45, 7) is 2.96. The minimum Gasteiger partial charge on any atom is -0.497 e. The molecule has 0 saturated carbocycles. The maximum absolute atomic E-state index is 5.23. The molecule has 106 valence electrons. The van der Waals surface area contributed by atoms with Crippen LogP contribution in [0.4, 0.5) is 0 Å². The van der Waals surface area contributed by atoms with E-state index in [0.29, 0.717) is 0 Å². The molecular weight excluding hydrogens is 268 g/mol. The van der Waals surface area contributed by atoms with Gasteiger partial charge >= 0.3 is 0 Å². The summed E-state index contributed by atoms with van der Waals surface area (Å²) in [7, 11) is 1.69. The number of halogens is 1. The van der Waals surface area contributed by atoms with Crippen LogP contribution in [0.3, 0.4) is 0 Å². The number of hydrogen-bond acceptors (Lipinski definition) is 2. The van der Waals surface area contributed by atoms with Gasteiger partial charge in [-0.1, -0.05) is 0 Å². The minimum atomic E-state index is 0. The molecule has 5 N–H and O–H groups in total. The molecule has 0 unspecified atom stereocenters. The molecule has 0 fully saturated rings. The smallest absolute Gasteiger partial charge is 0.120 e. The molecule has 0 bridgehead atoms. The van der Waals surface area contributed by atoms with E-state index in [1.165, 1.54) is 16.6 Å². The van der Waals surface area contributed by atoms with E-state index in [-0.39, 0.29) is 23.4 Å².